The Hall–Kier alpha value is -0.120. The highest BCUT2D eigenvalue weighted by Gasteiger charge is 1.91. The second-order valence-corrected chi connectivity index (χ2v) is 1.50. The summed E-state index contributed by atoms with van der Waals surface area (Å²) in [5.41, 5.74) is 4.50. The lowest BCUT2D eigenvalue weighted by Gasteiger charge is -2.11. The topological polar surface area (TPSA) is 50.1 Å². The molecule has 1 aliphatic heterocycles. The average molecular weight is 147 g/mol. The van der Waals surface area contributed by atoms with Crippen molar-refractivity contribution >= 4 is 0 Å². The fourth-order valence-corrected chi connectivity index (χ4v) is 0.604. The minimum atomic E-state index is 1.14. The van der Waals surface area contributed by atoms with Crippen molar-refractivity contribution in [3.8, 4) is 0 Å². The van der Waals surface area contributed by atoms with E-state index in [4.69, 9.17) is 0 Å². The Morgan fingerprint density at radius 2 is 1.00 bits per heavy atom. The number of rotatable bonds is 0. The first-order valence-corrected chi connectivity index (χ1v) is 3.99. The van der Waals surface area contributed by atoms with Crippen molar-refractivity contribution in [1.29, 1.82) is 0 Å². The van der Waals surface area contributed by atoms with Crippen molar-refractivity contribution in [3.63, 3.8) is 0 Å². The van der Waals surface area contributed by atoms with Crippen molar-refractivity contribution in [3.05, 3.63) is 0 Å². The summed E-state index contributed by atoms with van der Waals surface area (Å²) in [4.78, 5) is 0. The van der Waals surface area contributed by atoms with Gasteiger partial charge in [0.15, 0.2) is 0 Å². The van der Waals surface area contributed by atoms with Crippen LogP contribution in [0.1, 0.15) is 13.8 Å². The van der Waals surface area contributed by atoms with Gasteiger partial charge in [0.25, 0.3) is 0 Å². The third-order valence-corrected chi connectivity index (χ3v) is 0.957. The quantitative estimate of drug-likeness (QED) is 0.444. The maximum atomic E-state index is 4.50. The minimum absolute atomic E-state index is 1.14. The maximum absolute atomic E-state index is 4.50. The highest BCUT2D eigenvalue weighted by molar-refractivity contribution is 4.59. The summed E-state index contributed by atoms with van der Waals surface area (Å²) in [7, 11) is 1.50. The van der Waals surface area contributed by atoms with E-state index in [9.17, 15) is 0 Å². The Morgan fingerprint density at radius 3 is 1.10 bits per heavy atom. The molecular formula is C7H21N3. The van der Waals surface area contributed by atoms with Gasteiger partial charge in [0.05, 0.1) is 0 Å². The summed E-state index contributed by atoms with van der Waals surface area (Å²) in [6, 6.07) is 0. The molecule has 0 saturated carbocycles. The lowest BCUT2D eigenvalue weighted by atomic mass is 10.4. The first kappa shape index (κ1) is 12.5. The predicted octanol–water partition coefficient (Wildman–Crippen LogP) is -0.220. The summed E-state index contributed by atoms with van der Waals surface area (Å²) < 4.78 is 0. The van der Waals surface area contributed by atoms with Gasteiger partial charge in [0, 0.05) is 26.2 Å². The Bertz CT molecular complexity index is 24.3. The predicted molar refractivity (Wildman–Crippen MR) is 47.2 cm³/mol. The van der Waals surface area contributed by atoms with Gasteiger partial charge >= 0.3 is 0 Å². The molecule has 3 heteroatoms. The Morgan fingerprint density at radius 1 is 0.800 bits per heavy atom. The van der Waals surface area contributed by atoms with Gasteiger partial charge < -0.3 is 16.4 Å². The molecule has 1 rings (SSSR count). The number of nitrogens with one attached hydrogen (secondary N) is 2. The molecule has 0 atom stereocenters. The van der Waals surface area contributed by atoms with Crippen molar-refractivity contribution in [2.24, 2.45) is 5.73 Å². The van der Waals surface area contributed by atoms with Crippen LogP contribution in [0.3, 0.4) is 0 Å². The molecule has 1 saturated heterocycles. The van der Waals surface area contributed by atoms with Gasteiger partial charge in [-0.15, -0.1) is 0 Å². The molecule has 0 bridgehead atoms. The number of hydrogen-bond acceptors (Lipinski definition) is 3. The normalized spacial score (nSPS) is 15.6. The lowest BCUT2D eigenvalue weighted by molar-refractivity contribution is 0.534. The van der Waals surface area contributed by atoms with Crippen molar-refractivity contribution in [1.82, 2.24) is 10.6 Å². The van der Waals surface area contributed by atoms with Crippen LogP contribution in [-0.2, 0) is 0 Å². The van der Waals surface area contributed by atoms with Crippen molar-refractivity contribution in [2.75, 3.05) is 33.2 Å². The molecule has 0 unspecified atom stereocenters. The monoisotopic (exact) mass is 147 g/mol. The molecule has 1 aliphatic rings. The van der Waals surface area contributed by atoms with E-state index < -0.39 is 0 Å². The molecule has 0 aromatic heterocycles. The fourth-order valence-electron chi connectivity index (χ4n) is 0.604. The van der Waals surface area contributed by atoms with E-state index in [1.54, 1.807) is 0 Å². The van der Waals surface area contributed by atoms with E-state index in [0.717, 1.165) is 26.2 Å². The van der Waals surface area contributed by atoms with Crippen LogP contribution >= 0.6 is 0 Å². The summed E-state index contributed by atoms with van der Waals surface area (Å²) in [5.74, 6) is 0. The third kappa shape index (κ3) is 10.8. The van der Waals surface area contributed by atoms with Crippen LogP contribution in [0, 0.1) is 0 Å². The second-order valence-electron chi connectivity index (χ2n) is 1.50. The number of hydrogen-bond donors (Lipinski definition) is 3. The molecular weight excluding hydrogens is 126 g/mol. The van der Waals surface area contributed by atoms with Crippen molar-refractivity contribution < 1.29 is 0 Å². The van der Waals surface area contributed by atoms with Gasteiger partial charge in [-0.05, 0) is 7.05 Å². The van der Waals surface area contributed by atoms with Crippen LogP contribution in [0.5, 0.6) is 0 Å². The molecule has 64 valence electrons. The molecule has 1 fully saturated rings. The molecule has 4 N–H and O–H groups in total. The summed E-state index contributed by atoms with van der Waals surface area (Å²) in [6.45, 7) is 8.56. The molecule has 10 heavy (non-hydrogen) atoms. The summed E-state index contributed by atoms with van der Waals surface area (Å²) >= 11 is 0. The molecule has 0 spiro atoms. The first-order valence-electron chi connectivity index (χ1n) is 3.99. The minimum Gasteiger partial charge on any atom is -0.333 e. The van der Waals surface area contributed by atoms with Crippen LogP contribution < -0.4 is 16.4 Å². The van der Waals surface area contributed by atoms with E-state index in [2.05, 4.69) is 16.4 Å². The molecule has 1 heterocycles. The van der Waals surface area contributed by atoms with Gasteiger partial charge in [0.1, 0.15) is 0 Å². The molecule has 3 nitrogen and oxygen atoms in total. The third-order valence-electron chi connectivity index (χ3n) is 0.957. The van der Waals surface area contributed by atoms with Gasteiger partial charge in [-0.3, -0.25) is 0 Å². The molecule has 0 radical (unpaired) electrons. The lowest BCUT2D eigenvalue weighted by Crippen LogP contribution is -2.39. The van der Waals surface area contributed by atoms with E-state index in [1.165, 1.54) is 7.05 Å². The molecule has 0 aromatic carbocycles. The zero-order chi connectivity index (χ0) is 8.24. The Kier molecular flexibility index (Phi) is 20.0. The summed E-state index contributed by atoms with van der Waals surface area (Å²) in [6.07, 6.45) is 0. The SMILES string of the molecule is C1CNCCN1.CC.CN. The van der Waals surface area contributed by atoms with E-state index in [0.29, 0.717) is 0 Å². The fraction of sp³-hybridized carbons (Fsp3) is 1.00. The van der Waals surface area contributed by atoms with Crippen molar-refractivity contribution in [2.45, 2.75) is 13.8 Å². The molecule has 0 aromatic rings. The van der Waals surface area contributed by atoms with Crippen LogP contribution in [0.25, 0.3) is 0 Å². The maximum Gasteiger partial charge on any atom is 0.00772 e. The van der Waals surface area contributed by atoms with E-state index in [-0.39, 0.29) is 0 Å². The highest BCUT2D eigenvalue weighted by Crippen LogP contribution is 1.65. The van der Waals surface area contributed by atoms with Gasteiger partial charge in [0.2, 0.25) is 0 Å². The Balaban J connectivity index is 0. The molecule has 0 amide bonds. The second kappa shape index (κ2) is 15.9. The zero-order valence-corrected chi connectivity index (χ0v) is 7.41. The average Bonchev–Trinajstić information content (AvgIpc) is 2.14. The number of piperazine rings is 1. The first-order chi connectivity index (χ1) is 5.00. The van der Waals surface area contributed by atoms with Crippen LogP contribution in [0.2, 0.25) is 0 Å². The van der Waals surface area contributed by atoms with Gasteiger partial charge in [-0.1, -0.05) is 13.8 Å². The number of nitrogens with two attached hydrogens (primary N) is 1. The zero-order valence-electron chi connectivity index (χ0n) is 7.41. The Labute approximate surface area is 64.4 Å². The van der Waals surface area contributed by atoms with E-state index in [1.807, 2.05) is 13.8 Å². The molecule has 0 aliphatic carbocycles. The largest absolute Gasteiger partial charge is 0.333 e. The van der Waals surface area contributed by atoms with Crippen LogP contribution in [0.4, 0.5) is 0 Å². The standard InChI is InChI=1S/C4H10N2.C2H6.CH5N/c1-2-6-4-3-5-1;2*1-2/h5-6H,1-4H2;1-2H3;2H2,1H3. The summed E-state index contributed by atoms with van der Waals surface area (Å²) in [5, 5.41) is 6.44. The van der Waals surface area contributed by atoms with Gasteiger partial charge in [-0.2, -0.15) is 0 Å². The van der Waals surface area contributed by atoms with E-state index >= 15 is 0 Å². The van der Waals surface area contributed by atoms with Crippen LogP contribution in [-0.4, -0.2) is 33.2 Å². The highest BCUT2D eigenvalue weighted by atomic mass is 15.0. The van der Waals surface area contributed by atoms with Gasteiger partial charge in [-0.25, -0.2) is 0 Å². The van der Waals surface area contributed by atoms with Crippen LogP contribution in [0.15, 0.2) is 0 Å². The smallest absolute Gasteiger partial charge is 0.00772 e.